The Kier molecular flexibility index (Phi) is 1.69. The SMILES string of the molecule is Nc1cc2cc(Br)ccc2nn1. The monoisotopic (exact) mass is 223 g/mol. The van der Waals surface area contributed by atoms with E-state index in [1.807, 2.05) is 18.2 Å². The van der Waals surface area contributed by atoms with Crippen molar-refractivity contribution in [2.45, 2.75) is 0 Å². The molecule has 0 spiro atoms. The number of aromatic nitrogens is 2. The summed E-state index contributed by atoms with van der Waals surface area (Å²) in [6, 6.07) is 7.58. The van der Waals surface area contributed by atoms with E-state index in [0.29, 0.717) is 5.82 Å². The summed E-state index contributed by atoms with van der Waals surface area (Å²) in [5.74, 6) is 0.445. The Bertz CT molecular complexity index is 391. The third kappa shape index (κ3) is 1.25. The lowest BCUT2D eigenvalue weighted by Gasteiger charge is -1.96. The second kappa shape index (κ2) is 2.71. The van der Waals surface area contributed by atoms with Gasteiger partial charge in [-0.05, 0) is 24.3 Å². The molecular formula is C8H6BrN3. The van der Waals surface area contributed by atoms with Gasteiger partial charge < -0.3 is 5.73 Å². The van der Waals surface area contributed by atoms with Gasteiger partial charge in [-0.2, -0.15) is 0 Å². The van der Waals surface area contributed by atoms with Gasteiger partial charge in [0.15, 0.2) is 0 Å². The highest BCUT2D eigenvalue weighted by atomic mass is 79.9. The fourth-order valence-electron chi connectivity index (χ4n) is 1.03. The van der Waals surface area contributed by atoms with Gasteiger partial charge in [0.1, 0.15) is 5.82 Å². The lowest BCUT2D eigenvalue weighted by Crippen LogP contribution is -1.92. The predicted octanol–water partition coefficient (Wildman–Crippen LogP) is 1.97. The molecule has 2 N–H and O–H groups in total. The number of rotatable bonds is 0. The quantitative estimate of drug-likeness (QED) is 0.744. The summed E-state index contributed by atoms with van der Waals surface area (Å²) in [6.07, 6.45) is 0. The molecule has 0 saturated carbocycles. The molecule has 0 unspecified atom stereocenters. The van der Waals surface area contributed by atoms with Crippen LogP contribution < -0.4 is 5.73 Å². The Labute approximate surface area is 77.7 Å². The first-order chi connectivity index (χ1) is 5.75. The normalized spacial score (nSPS) is 10.4. The van der Waals surface area contributed by atoms with Gasteiger partial charge in [-0.3, -0.25) is 0 Å². The van der Waals surface area contributed by atoms with Crippen LogP contribution in [-0.2, 0) is 0 Å². The number of hydrogen-bond acceptors (Lipinski definition) is 3. The molecule has 12 heavy (non-hydrogen) atoms. The number of fused-ring (bicyclic) bond motifs is 1. The molecule has 3 nitrogen and oxygen atoms in total. The van der Waals surface area contributed by atoms with Crippen LogP contribution in [0.5, 0.6) is 0 Å². The highest BCUT2D eigenvalue weighted by molar-refractivity contribution is 9.10. The Morgan fingerprint density at radius 1 is 1.17 bits per heavy atom. The maximum atomic E-state index is 5.49. The van der Waals surface area contributed by atoms with E-state index in [4.69, 9.17) is 5.73 Å². The first-order valence-corrected chi connectivity index (χ1v) is 4.23. The summed E-state index contributed by atoms with van der Waals surface area (Å²) >= 11 is 3.37. The fourth-order valence-corrected chi connectivity index (χ4v) is 1.41. The van der Waals surface area contributed by atoms with Gasteiger partial charge in [-0.15, -0.1) is 10.2 Å². The average molecular weight is 224 g/mol. The van der Waals surface area contributed by atoms with E-state index in [0.717, 1.165) is 15.4 Å². The van der Waals surface area contributed by atoms with Crippen molar-refractivity contribution in [1.29, 1.82) is 0 Å². The van der Waals surface area contributed by atoms with Crippen LogP contribution in [0.15, 0.2) is 28.7 Å². The van der Waals surface area contributed by atoms with Gasteiger partial charge in [0, 0.05) is 9.86 Å². The lowest BCUT2D eigenvalue weighted by molar-refractivity contribution is 1.09. The summed E-state index contributed by atoms with van der Waals surface area (Å²) in [5.41, 5.74) is 6.34. The Morgan fingerprint density at radius 2 is 2.00 bits per heavy atom. The Hall–Kier alpha value is -1.16. The van der Waals surface area contributed by atoms with E-state index in [1.54, 1.807) is 6.07 Å². The third-order valence-corrected chi connectivity index (χ3v) is 2.06. The van der Waals surface area contributed by atoms with Crippen molar-refractivity contribution in [3.05, 3.63) is 28.7 Å². The Morgan fingerprint density at radius 3 is 2.83 bits per heavy atom. The molecule has 1 heterocycles. The molecule has 0 atom stereocenters. The molecule has 2 rings (SSSR count). The first kappa shape index (κ1) is 7.49. The van der Waals surface area contributed by atoms with E-state index in [2.05, 4.69) is 26.1 Å². The van der Waals surface area contributed by atoms with Crippen LogP contribution in [0.2, 0.25) is 0 Å². The molecule has 0 amide bonds. The summed E-state index contributed by atoms with van der Waals surface area (Å²) in [5, 5.41) is 8.67. The minimum absolute atomic E-state index is 0.445. The maximum Gasteiger partial charge on any atom is 0.146 e. The van der Waals surface area contributed by atoms with E-state index in [-0.39, 0.29) is 0 Å². The fraction of sp³-hybridized carbons (Fsp3) is 0. The van der Waals surface area contributed by atoms with Gasteiger partial charge in [0.25, 0.3) is 0 Å². The molecule has 0 fully saturated rings. The second-order valence-electron chi connectivity index (χ2n) is 2.47. The summed E-state index contributed by atoms with van der Waals surface area (Å²) in [6.45, 7) is 0. The van der Waals surface area contributed by atoms with Crippen molar-refractivity contribution in [1.82, 2.24) is 10.2 Å². The number of benzene rings is 1. The molecule has 60 valence electrons. The van der Waals surface area contributed by atoms with Crippen LogP contribution in [0.4, 0.5) is 5.82 Å². The second-order valence-corrected chi connectivity index (χ2v) is 3.39. The number of nitrogen functional groups attached to an aromatic ring is 1. The van der Waals surface area contributed by atoms with Crippen LogP contribution in [0.1, 0.15) is 0 Å². The molecule has 4 heteroatoms. The van der Waals surface area contributed by atoms with Crippen LogP contribution in [0.25, 0.3) is 10.9 Å². The van der Waals surface area contributed by atoms with Crippen molar-refractivity contribution < 1.29 is 0 Å². The molecule has 1 aromatic heterocycles. The third-order valence-electron chi connectivity index (χ3n) is 1.57. The largest absolute Gasteiger partial charge is 0.382 e. The highest BCUT2D eigenvalue weighted by Crippen LogP contribution is 2.18. The smallest absolute Gasteiger partial charge is 0.146 e. The molecular weight excluding hydrogens is 218 g/mol. The first-order valence-electron chi connectivity index (χ1n) is 3.44. The minimum atomic E-state index is 0.445. The minimum Gasteiger partial charge on any atom is -0.382 e. The zero-order valence-corrected chi connectivity index (χ0v) is 7.75. The van der Waals surface area contributed by atoms with Crippen molar-refractivity contribution in [2.75, 3.05) is 5.73 Å². The number of anilines is 1. The van der Waals surface area contributed by atoms with Crippen LogP contribution in [0.3, 0.4) is 0 Å². The molecule has 0 aliphatic carbocycles. The number of nitrogens with two attached hydrogens (primary N) is 1. The molecule has 0 aliphatic rings. The van der Waals surface area contributed by atoms with Gasteiger partial charge in [-0.1, -0.05) is 15.9 Å². The molecule has 2 aromatic rings. The Balaban J connectivity index is 2.80. The van der Waals surface area contributed by atoms with E-state index < -0.39 is 0 Å². The zero-order chi connectivity index (χ0) is 8.55. The average Bonchev–Trinajstić information content (AvgIpc) is 2.03. The maximum absolute atomic E-state index is 5.49. The van der Waals surface area contributed by atoms with Gasteiger partial charge in [-0.25, -0.2) is 0 Å². The zero-order valence-electron chi connectivity index (χ0n) is 6.16. The molecule has 0 aliphatic heterocycles. The number of hydrogen-bond donors (Lipinski definition) is 1. The highest BCUT2D eigenvalue weighted by Gasteiger charge is 1.96. The van der Waals surface area contributed by atoms with Crippen molar-refractivity contribution in [3.63, 3.8) is 0 Å². The van der Waals surface area contributed by atoms with Crippen molar-refractivity contribution in [3.8, 4) is 0 Å². The van der Waals surface area contributed by atoms with Crippen LogP contribution >= 0.6 is 15.9 Å². The van der Waals surface area contributed by atoms with Gasteiger partial charge >= 0.3 is 0 Å². The lowest BCUT2D eigenvalue weighted by atomic mass is 10.2. The molecule has 1 aromatic carbocycles. The molecule has 0 bridgehead atoms. The van der Waals surface area contributed by atoms with E-state index in [9.17, 15) is 0 Å². The van der Waals surface area contributed by atoms with Crippen molar-refractivity contribution in [2.24, 2.45) is 0 Å². The summed E-state index contributed by atoms with van der Waals surface area (Å²) < 4.78 is 1.02. The summed E-state index contributed by atoms with van der Waals surface area (Å²) in [7, 11) is 0. The molecule has 0 saturated heterocycles. The summed E-state index contributed by atoms with van der Waals surface area (Å²) in [4.78, 5) is 0. The molecule has 0 radical (unpaired) electrons. The predicted molar refractivity (Wildman–Crippen MR) is 51.7 cm³/mol. The number of halogens is 1. The van der Waals surface area contributed by atoms with E-state index >= 15 is 0 Å². The van der Waals surface area contributed by atoms with Crippen molar-refractivity contribution >= 4 is 32.7 Å². The van der Waals surface area contributed by atoms with Gasteiger partial charge in [0.2, 0.25) is 0 Å². The van der Waals surface area contributed by atoms with E-state index in [1.165, 1.54) is 0 Å². The number of nitrogens with zero attached hydrogens (tertiary/aromatic N) is 2. The standard InChI is InChI=1S/C8H6BrN3/c9-6-1-2-7-5(3-6)4-8(10)12-11-7/h1-4H,(H2,10,12). The van der Waals surface area contributed by atoms with Crippen LogP contribution in [0, 0.1) is 0 Å². The van der Waals surface area contributed by atoms with Gasteiger partial charge in [0.05, 0.1) is 5.52 Å². The topological polar surface area (TPSA) is 51.8 Å². The van der Waals surface area contributed by atoms with Crippen LogP contribution in [-0.4, -0.2) is 10.2 Å².